The van der Waals surface area contributed by atoms with Gasteiger partial charge in [0.2, 0.25) is 5.91 Å². The Morgan fingerprint density at radius 2 is 1.86 bits per heavy atom. The number of rotatable bonds is 5. The zero-order valence-corrected chi connectivity index (χ0v) is 13.1. The number of carboxylic acids is 1. The number of amides is 1. The molecule has 0 spiro atoms. The van der Waals surface area contributed by atoms with Crippen LogP contribution in [0, 0.1) is 16.1 Å². The van der Waals surface area contributed by atoms with Gasteiger partial charge >= 0.3 is 5.97 Å². The fraction of sp³-hybridized carbons (Fsp3) is 0.400. The summed E-state index contributed by atoms with van der Waals surface area (Å²) in [6.45, 7) is 5.51. The van der Waals surface area contributed by atoms with Crippen LogP contribution in [0.5, 0.6) is 0 Å². The topological polar surface area (TPSA) is 81.4 Å². The van der Waals surface area contributed by atoms with Crippen molar-refractivity contribution in [2.45, 2.75) is 32.1 Å². The lowest BCUT2D eigenvalue weighted by molar-refractivity contribution is -0.136. The van der Waals surface area contributed by atoms with Crippen molar-refractivity contribution in [2.75, 3.05) is 11.4 Å². The highest BCUT2D eigenvalue weighted by molar-refractivity contribution is 8.03. The normalized spacial score (nSPS) is 10.8. The summed E-state index contributed by atoms with van der Waals surface area (Å²) in [4.78, 5) is 25.5. The van der Waals surface area contributed by atoms with Crippen LogP contribution in [0.3, 0.4) is 0 Å². The number of carbonyl (C=O) groups is 2. The quantitative estimate of drug-likeness (QED) is 0.667. The predicted molar refractivity (Wildman–Crippen MR) is 82.0 cm³/mol. The second-order valence-electron chi connectivity index (χ2n) is 5.54. The molecular formula is C15H18N2O3S. The maximum Gasteiger partial charge on any atom is 0.305 e. The van der Waals surface area contributed by atoms with Crippen LogP contribution >= 0.6 is 11.8 Å². The van der Waals surface area contributed by atoms with Crippen LogP contribution in [0.1, 0.15) is 27.2 Å². The Balaban J connectivity index is 3.03. The van der Waals surface area contributed by atoms with Gasteiger partial charge in [0, 0.05) is 22.5 Å². The summed E-state index contributed by atoms with van der Waals surface area (Å²) in [5.74, 6) is -1.08. The fourth-order valence-corrected chi connectivity index (χ4v) is 2.08. The van der Waals surface area contributed by atoms with Gasteiger partial charge in [-0.05, 0) is 36.0 Å². The van der Waals surface area contributed by atoms with Crippen LogP contribution in [0.4, 0.5) is 5.69 Å². The number of hydrogen-bond acceptors (Lipinski definition) is 4. The number of anilines is 1. The largest absolute Gasteiger partial charge is 0.481 e. The summed E-state index contributed by atoms with van der Waals surface area (Å²) in [5, 5.41) is 19.4. The fourth-order valence-electron chi connectivity index (χ4n) is 1.71. The zero-order chi connectivity index (χ0) is 16.0. The van der Waals surface area contributed by atoms with Gasteiger partial charge in [-0.1, -0.05) is 20.8 Å². The molecule has 1 amide bonds. The molecule has 1 N–H and O–H groups in total. The Bertz CT molecular complexity index is 556. The van der Waals surface area contributed by atoms with Gasteiger partial charge in [0.15, 0.2) is 0 Å². The van der Waals surface area contributed by atoms with E-state index in [1.807, 2.05) is 5.40 Å². The van der Waals surface area contributed by atoms with Crippen LogP contribution in [0.25, 0.3) is 0 Å². The summed E-state index contributed by atoms with van der Waals surface area (Å²) in [7, 11) is 0. The first-order chi connectivity index (χ1) is 9.75. The molecule has 0 aliphatic rings. The molecule has 0 bridgehead atoms. The van der Waals surface area contributed by atoms with E-state index in [1.54, 1.807) is 45.0 Å². The lowest BCUT2D eigenvalue weighted by Crippen LogP contribution is -2.40. The van der Waals surface area contributed by atoms with Crippen molar-refractivity contribution in [3.8, 4) is 5.40 Å². The highest BCUT2D eigenvalue weighted by Crippen LogP contribution is 2.26. The first kappa shape index (κ1) is 17.1. The van der Waals surface area contributed by atoms with Gasteiger partial charge in [-0.25, -0.2) is 0 Å². The minimum absolute atomic E-state index is 0.115. The number of nitriles is 1. The van der Waals surface area contributed by atoms with E-state index in [2.05, 4.69) is 0 Å². The van der Waals surface area contributed by atoms with Gasteiger partial charge < -0.3 is 10.0 Å². The Labute approximate surface area is 128 Å². The first-order valence-electron chi connectivity index (χ1n) is 6.45. The van der Waals surface area contributed by atoms with Crippen LogP contribution < -0.4 is 4.90 Å². The number of nitrogens with zero attached hydrogens (tertiary/aromatic N) is 2. The van der Waals surface area contributed by atoms with E-state index in [0.717, 1.165) is 16.7 Å². The third kappa shape index (κ3) is 5.12. The van der Waals surface area contributed by atoms with Crippen LogP contribution in [0.2, 0.25) is 0 Å². The Kier molecular flexibility index (Phi) is 5.79. The molecule has 112 valence electrons. The van der Waals surface area contributed by atoms with E-state index >= 15 is 0 Å². The molecule has 0 aliphatic carbocycles. The second-order valence-corrected chi connectivity index (χ2v) is 6.40. The molecule has 1 aromatic carbocycles. The summed E-state index contributed by atoms with van der Waals surface area (Å²) >= 11 is 1.04. The second kappa shape index (κ2) is 7.14. The number of benzene rings is 1. The number of aliphatic carboxylic acids is 1. The molecule has 0 radical (unpaired) electrons. The molecular weight excluding hydrogens is 288 g/mol. The molecule has 1 rings (SSSR count). The summed E-state index contributed by atoms with van der Waals surface area (Å²) in [6, 6.07) is 6.94. The van der Waals surface area contributed by atoms with Gasteiger partial charge in [-0.2, -0.15) is 5.26 Å². The highest BCUT2D eigenvalue weighted by atomic mass is 32.2. The van der Waals surface area contributed by atoms with E-state index in [0.29, 0.717) is 5.69 Å². The maximum absolute atomic E-state index is 12.5. The molecule has 0 saturated carbocycles. The van der Waals surface area contributed by atoms with Crippen molar-refractivity contribution in [1.82, 2.24) is 0 Å². The Hall–Kier alpha value is -2.00. The van der Waals surface area contributed by atoms with Crippen molar-refractivity contribution in [1.29, 1.82) is 5.26 Å². The third-order valence-electron chi connectivity index (χ3n) is 2.75. The summed E-state index contributed by atoms with van der Waals surface area (Å²) in [6.07, 6.45) is -0.115. The van der Waals surface area contributed by atoms with Crippen molar-refractivity contribution in [2.24, 2.45) is 5.41 Å². The van der Waals surface area contributed by atoms with E-state index in [1.165, 1.54) is 4.90 Å². The molecule has 0 atom stereocenters. The van der Waals surface area contributed by atoms with Crippen molar-refractivity contribution >= 4 is 29.3 Å². The molecule has 1 aromatic rings. The molecule has 0 aliphatic heterocycles. The Morgan fingerprint density at radius 3 is 2.29 bits per heavy atom. The van der Waals surface area contributed by atoms with Crippen molar-refractivity contribution in [3.05, 3.63) is 24.3 Å². The molecule has 0 unspecified atom stereocenters. The maximum atomic E-state index is 12.5. The van der Waals surface area contributed by atoms with Crippen LogP contribution in [-0.2, 0) is 9.59 Å². The van der Waals surface area contributed by atoms with E-state index in [4.69, 9.17) is 10.4 Å². The average molecular weight is 306 g/mol. The molecule has 0 fully saturated rings. The standard InChI is InChI=1S/C15H18N2O3S/c1-15(2,3)14(20)17(9-8-13(18)19)11-4-6-12(7-5-11)21-10-16/h4-7H,8-9H2,1-3H3,(H,18,19). The smallest absolute Gasteiger partial charge is 0.305 e. The molecule has 6 heteroatoms. The number of carboxylic acid groups (broad SMARTS) is 1. The monoisotopic (exact) mass is 306 g/mol. The minimum Gasteiger partial charge on any atom is -0.481 e. The summed E-state index contributed by atoms with van der Waals surface area (Å²) < 4.78 is 0. The first-order valence-corrected chi connectivity index (χ1v) is 7.27. The van der Waals surface area contributed by atoms with E-state index in [-0.39, 0.29) is 18.9 Å². The van der Waals surface area contributed by atoms with Gasteiger partial charge in [0.25, 0.3) is 0 Å². The number of hydrogen-bond donors (Lipinski definition) is 1. The van der Waals surface area contributed by atoms with E-state index in [9.17, 15) is 9.59 Å². The molecule has 0 aromatic heterocycles. The highest BCUT2D eigenvalue weighted by Gasteiger charge is 2.28. The summed E-state index contributed by atoms with van der Waals surface area (Å²) in [5.41, 5.74) is 0.0388. The van der Waals surface area contributed by atoms with Gasteiger partial charge in [-0.15, -0.1) is 0 Å². The zero-order valence-electron chi connectivity index (χ0n) is 12.3. The van der Waals surface area contributed by atoms with Gasteiger partial charge in [0.1, 0.15) is 5.40 Å². The van der Waals surface area contributed by atoms with Crippen LogP contribution in [0.15, 0.2) is 29.2 Å². The van der Waals surface area contributed by atoms with Crippen molar-refractivity contribution < 1.29 is 14.7 Å². The van der Waals surface area contributed by atoms with Crippen molar-refractivity contribution in [3.63, 3.8) is 0 Å². The lowest BCUT2D eigenvalue weighted by atomic mass is 9.94. The van der Waals surface area contributed by atoms with Gasteiger partial charge in [-0.3, -0.25) is 9.59 Å². The molecule has 21 heavy (non-hydrogen) atoms. The number of thioether (sulfide) groups is 1. The van der Waals surface area contributed by atoms with Gasteiger partial charge in [0.05, 0.1) is 6.42 Å². The minimum atomic E-state index is -0.946. The van der Waals surface area contributed by atoms with E-state index < -0.39 is 11.4 Å². The molecule has 0 heterocycles. The molecule has 5 nitrogen and oxygen atoms in total. The van der Waals surface area contributed by atoms with Crippen LogP contribution in [-0.4, -0.2) is 23.5 Å². The molecule has 0 saturated heterocycles. The number of carbonyl (C=O) groups excluding carboxylic acids is 1. The Morgan fingerprint density at radius 1 is 1.29 bits per heavy atom. The number of thiocyanates is 1. The lowest BCUT2D eigenvalue weighted by Gasteiger charge is -2.29. The third-order valence-corrected chi connectivity index (χ3v) is 3.35. The average Bonchev–Trinajstić information content (AvgIpc) is 2.39. The SMILES string of the molecule is CC(C)(C)C(=O)N(CCC(=O)O)c1ccc(SC#N)cc1. The predicted octanol–water partition coefficient (Wildman–Crippen LogP) is 3.11.